The number of carbonyl (C=O) groups is 1. The molecule has 0 bridgehead atoms. The van der Waals surface area contributed by atoms with Crippen LogP contribution in [-0.2, 0) is 4.74 Å². The molecule has 0 atom stereocenters. The van der Waals surface area contributed by atoms with Crippen molar-refractivity contribution >= 4 is 23.5 Å². The molecule has 1 aliphatic rings. The molecule has 0 radical (unpaired) electrons. The number of nitrogens with zero attached hydrogens (tertiary/aromatic N) is 6. The zero-order valence-electron chi connectivity index (χ0n) is 17.8. The molecule has 4 rings (SSSR count). The monoisotopic (exact) mass is 478 g/mol. The van der Waals surface area contributed by atoms with Crippen LogP contribution in [0.4, 0.5) is 30.8 Å². The van der Waals surface area contributed by atoms with Crippen LogP contribution in [0, 0.1) is 5.92 Å². The Bertz CT molecular complexity index is 1120. The van der Waals surface area contributed by atoms with E-state index < -0.39 is 18.7 Å². The zero-order chi connectivity index (χ0) is 24.1. The number of halogens is 3. The summed E-state index contributed by atoms with van der Waals surface area (Å²) in [5.41, 5.74) is 6.50. The molecule has 180 valence electrons. The minimum absolute atomic E-state index is 0.00754. The molecule has 1 amide bonds. The number of para-hydroxylation sites is 1. The lowest BCUT2D eigenvalue weighted by molar-refractivity contribution is -0.177. The van der Waals surface area contributed by atoms with Crippen LogP contribution in [0.15, 0.2) is 34.9 Å². The largest absolute Gasteiger partial charge is 0.411 e. The number of anilines is 3. The average molecular weight is 478 g/mol. The first-order valence-electron chi connectivity index (χ1n) is 10.4. The molecule has 3 N–H and O–H groups in total. The molecule has 0 saturated carbocycles. The summed E-state index contributed by atoms with van der Waals surface area (Å²) in [5, 5.41) is 6.76. The second kappa shape index (κ2) is 9.99. The molecule has 1 aromatic carbocycles. The molecule has 11 nitrogen and oxygen atoms in total. The van der Waals surface area contributed by atoms with E-state index >= 15 is 0 Å². The fourth-order valence-electron chi connectivity index (χ4n) is 3.38. The van der Waals surface area contributed by atoms with Crippen molar-refractivity contribution in [2.24, 2.45) is 5.92 Å². The maximum absolute atomic E-state index is 12.7. The van der Waals surface area contributed by atoms with Crippen LogP contribution >= 0.6 is 0 Å². The van der Waals surface area contributed by atoms with E-state index in [-0.39, 0.29) is 42.0 Å². The Hall–Kier alpha value is -3.81. The molecular weight excluding hydrogens is 457 g/mol. The number of alkyl halides is 3. The fourth-order valence-corrected chi connectivity index (χ4v) is 3.38. The van der Waals surface area contributed by atoms with Crippen molar-refractivity contribution in [1.82, 2.24) is 30.0 Å². The smallest absolute Gasteiger partial charge is 0.372 e. The number of piperidine rings is 1. The van der Waals surface area contributed by atoms with Crippen molar-refractivity contribution in [3.8, 4) is 11.6 Å². The van der Waals surface area contributed by atoms with E-state index in [0.717, 1.165) is 5.69 Å². The Morgan fingerprint density at radius 2 is 1.85 bits per heavy atom. The first kappa shape index (κ1) is 23.4. The quantitative estimate of drug-likeness (QED) is 0.520. The van der Waals surface area contributed by atoms with Crippen molar-refractivity contribution in [2.75, 3.05) is 37.4 Å². The van der Waals surface area contributed by atoms with E-state index in [1.54, 1.807) is 0 Å². The number of likely N-dealkylation sites (tertiary alicyclic amines) is 1. The molecule has 0 aliphatic carbocycles. The molecule has 3 aromatic rings. The third-order valence-electron chi connectivity index (χ3n) is 5.01. The van der Waals surface area contributed by atoms with Crippen LogP contribution < -0.4 is 11.1 Å². The second-order valence-corrected chi connectivity index (χ2v) is 7.62. The molecule has 0 unspecified atom stereocenters. The molecule has 34 heavy (non-hydrogen) atoms. The highest BCUT2D eigenvalue weighted by molar-refractivity contribution is 5.90. The van der Waals surface area contributed by atoms with E-state index in [0.29, 0.717) is 25.9 Å². The number of amides is 1. The minimum Gasteiger partial charge on any atom is -0.372 e. The van der Waals surface area contributed by atoms with Gasteiger partial charge in [-0.15, -0.1) is 0 Å². The Morgan fingerprint density at radius 3 is 2.56 bits per heavy atom. The van der Waals surface area contributed by atoms with Gasteiger partial charge in [-0.05, 0) is 30.9 Å². The highest BCUT2D eigenvalue weighted by Gasteiger charge is 2.30. The number of hydrogen-bond donors (Lipinski definition) is 2. The molecular formula is C20H21F3N8O3. The molecule has 1 saturated heterocycles. The molecule has 0 spiro atoms. The number of nitrogen functional groups attached to an aromatic ring is 1. The van der Waals surface area contributed by atoms with Crippen LogP contribution in [0.5, 0.6) is 0 Å². The van der Waals surface area contributed by atoms with Gasteiger partial charge in [0.15, 0.2) is 0 Å². The van der Waals surface area contributed by atoms with E-state index in [9.17, 15) is 18.0 Å². The summed E-state index contributed by atoms with van der Waals surface area (Å²) in [4.78, 5) is 30.6. The summed E-state index contributed by atoms with van der Waals surface area (Å²) in [5.74, 6) is -0.722. The van der Waals surface area contributed by atoms with E-state index in [1.807, 2.05) is 30.3 Å². The number of nitrogens with two attached hydrogens (primary N) is 1. The SMILES string of the molecule is Nc1nc(Nc2ccccc2)nc(-c2noc(C(=O)N3CCC(COCC(F)(F)F)CC3)n2)n1. The summed E-state index contributed by atoms with van der Waals surface area (Å²) < 4.78 is 46.4. The number of benzene rings is 1. The Balaban J connectivity index is 1.37. The van der Waals surface area contributed by atoms with Gasteiger partial charge in [-0.2, -0.15) is 33.1 Å². The highest BCUT2D eigenvalue weighted by Crippen LogP contribution is 2.22. The lowest BCUT2D eigenvalue weighted by atomic mass is 9.98. The molecule has 14 heteroatoms. The summed E-state index contributed by atoms with van der Waals surface area (Å²) in [6, 6.07) is 9.17. The Kier molecular flexibility index (Phi) is 6.86. The normalized spacial score (nSPS) is 14.9. The zero-order valence-corrected chi connectivity index (χ0v) is 17.8. The van der Waals surface area contributed by atoms with Crippen molar-refractivity contribution in [2.45, 2.75) is 19.0 Å². The standard InChI is InChI=1S/C20H21F3N8O3/c21-20(22,23)11-33-10-12-6-8-31(9-7-12)17(32)16-26-15(30-34-16)14-27-18(24)29-19(28-14)25-13-4-2-1-3-5-13/h1-5,12H,6-11H2,(H3,24,25,27,28,29). The van der Waals surface area contributed by atoms with Crippen LogP contribution in [0.25, 0.3) is 11.6 Å². The average Bonchev–Trinajstić information content (AvgIpc) is 3.29. The fraction of sp³-hybridized carbons (Fsp3) is 0.400. The third kappa shape index (κ3) is 6.15. The molecule has 2 aromatic heterocycles. The van der Waals surface area contributed by atoms with Gasteiger partial charge in [0.25, 0.3) is 0 Å². The van der Waals surface area contributed by atoms with Crippen molar-refractivity contribution in [3.05, 3.63) is 36.2 Å². The van der Waals surface area contributed by atoms with Gasteiger partial charge in [0.2, 0.25) is 23.5 Å². The van der Waals surface area contributed by atoms with E-state index in [2.05, 4.69) is 30.4 Å². The van der Waals surface area contributed by atoms with Crippen LogP contribution in [0.3, 0.4) is 0 Å². The van der Waals surface area contributed by atoms with Gasteiger partial charge in [0.05, 0.1) is 0 Å². The maximum Gasteiger partial charge on any atom is 0.411 e. The van der Waals surface area contributed by atoms with Crippen LogP contribution in [0.1, 0.15) is 23.5 Å². The van der Waals surface area contributed by atoms with E-state index in [1.165, 1.54) is 4.90 Å². The van der Waals surface area contributed by atoms with Gasteiger partial charge in [-0.25, -0.2) is 0 Å². The molecule has 1 aliphatic heterocycles. The summed E-state index contributed by atoms with van der Waals surface area (Å²) in [6.07, 6.45) is -3.35. The van der Waals surface area contributed by atoms with Gasteiger partial charge in [0.1, 0.15) is 6.61 Å². The number of aromatic nitrogens is 5. The van der Waals surface area contributed by atoms with Crippen molar-refractivity contribution in [3.63, 3.8) is 0 Å². The Labute approximate surface area is 191 Å². The highest BCUT2D eigenvalue weighted by atomic mass is 19.4. The van der Waals surface area contributed by atoms with Crippen molar-refractivity contribution < 1.29 is 27.2 Å². The van der Waals surface area contributed by atoms with E-state index in [4.69, 9.17) is 15.0 Å². The number of hydrogen-bond acceptors (Lipinski definition) is 10. The first-order chi connectivity index (χ1) is 16.3. The topological polar surface area (TPSA) is 145 Å². The number of ether oxygens (including phenoxy) is 1. The number of nitrogens with one attached hydrogen (secondary N) is 1. The first-order valence-corrected chi connectivity index (χ1v) is 10.4. The Morgan fingerprint density at radius 1 is 1.12 bits per heavy atom. The van der Waals surface area contributed by atoms with Gasteiger partial charge < -0.3 is 25.2 Å². The van der Waals surface area contributed by atoms with Gasteiger partial charge in [0, 0.05) is 25.4 Å². The lowest BCUT2D eigenvalue weighted by Gasteiger charge is -2.30. The number of carbonyl (C=O) groups excluding carboxylic acids is 1. The predicted octanol–water partition coefficient (Wildman–Crippen LogP) is 2.68. The minimum atomic E-state index is -4.35. The van der Waals surface area contributed by atoms with Gasteiger partial charge in [-0.1, -0.05) is 23.4 Å². The summed E-state index contributed by atoms with van der Waals surface area (Å²) >= 11 is 0. The number of rotatable bonds is 7. The summed E-state index contributed by atoms with van der Waals surface area (Å²) in [7, 11) is 0. The van der Waals surface area contributed by atoms with Crippen LogP contribution in [-0.4, -0.2) is 68.4 Å². The molecule has 3 heterocycles. The van der Waals surface area contributed by atoms with Gasteiger partial charge in [-0.3, -0.25) is 4.79 Å². The molecule has 1 fully saturated rings. The third-order valence-corrected chi connectivity index (χ3v) is 5.01. The van der Waals surface area contributed by atoms with Crippen molar-refractivity contribution in [1.29, 1.82) is 0 Å². The predicted molar refractivity (Wildman–Crippen MR) is 113 cm³/mol. The second-order valence-electron chi connectivity index (χ2n) is 7.62. The maximum atomic E-state index is 12.7. The summed E-state index contributed by atoms with van der Waals surface area (Å²) in [6.45, 7) is -0.617. The van der Waals surface area contributed by atoms with Gasteiger partial charge >= 0.3 is 18.0 Å². The van der Waals surface area contributed by atoms with Crippen LogP contribution in [0.2, 0.25) is 0 Å². The lowest BCUT2D eigenvalue weighted by Crippen LogP contribution is -2.39.